The number of nitrogens with zero attached hydrogens (tertiary/aromatic N) is 1. The average Bonchev–Trinajstić information content (AvgIpc) is 3.19. The Balaban J connectivity index is 1.43. The van der Waals surface area contributed by atoms with Crippen molar-refractivity contribution >= 4 is 23.0 Å². The van der Waals surface area contributed by atoms with Gasteiger partial charge in [0.1, 0.15) is 23.1 Å². The first kappa shape index (κ1) is 20.6. The van der Waals surface area contributed by atoms with Gasteiger partial charge in [0.25, 0.3) is 0 Å². The molecule has 0 aliphatic carbocycles. The third-order valence-electron chi connectivity index (χ3n) is 5.68. The van der Waals surface area contributed by atoms with Gasteiger partial charge in [-0.05, 0) is 64.8 Å². The molecule has 2 bridgehead atoms. The molecule has 1 aromatic carbocycles. The summed E-state index contributed by atoms with van der Waals surface area (Å²) in [4.78, 5) is 29.6. The number of rotatable bonds is 4. The number of aromatic nitrogens is 1. The molecule has 2 saturated heterocycles. The largest absolute Gasteiger partial charge is 0.490 e. The Kier molecular flexibility index (Phi) is 5.38. The molecule has 7 nitrogen and oxygen atoms in total. The van der Waals surface area contributed by atoms with Crippen molar-refractivity contribution in [1.29, 1.82) is 0 Å². The number of piperidine rings is 1. The molecule has 2 aliphatic rings. The molecule has 2 unspecified atom stereocenters. The maximum absolute atomic E-state index is 12.6. The SMILES string of the molecule is CCOC(=O)c1cc2cc(OC3CC4CCC(C3)N4C(=O)OC(C)(C)C)ccc2[nH]1. The molecule has 0 radical (unpaired) electrons. The molecule has 2 aliphatic heterocycles. The second-order valence-corrected chi connectivity index (χ2v) is 9.14. The van der Waals surface area contributed by atoms with Gasteiger partial charge in [-0.25, -0.2) is 9.59 Å². The van der Waals surface area contributed by atoms with Crippen molar-refractivity contribution in [3.8, 4) is 5.75 Å². The second-order valence-electron chi connectivity index (χ2n) is 9.14. The molecule has 162 valence electrons. The molecule has 1 amide bonds. The summed E-state index contributed by atoms with van der Waals surface area (Å²) in [6, 6.07) is 7.88. The lowest BCUT2D eigenvalue weighted by Crippen LogP contribution is -2.50. The number of H-pyrrole nitrogens is 1. The van der Waals surface area contributed by atoms with Crippen molar-refractivity contribution in [2.45, 2.75) is 77.2 Å². The van der Waals surface area contributed by atoms with Gasteiger partial charge in [-0.15, -0.1) is 0 Å². The third kappa shape index (κ3) is 4.25. The number of amides is 1. The van der Waals surface area contributed by atoms with Crippen molar-refractivity contribution in [3.05, 3.63) is 30.0 Å². The quantitative estimate of drug-likeness (QED) is 0.737. The molecular formula is C23H30N2O5. The zero-order chi connectivity index (χ0) is 21.5. The lowest BCUT2D eigenvalue weighted by atomic mass is 10.00. The van der Waals surface area contributed by atoms with Crippen LogP contribution in [0.1, 0.15) is 63.9 Å². The van der Waals surface area contributed by atoms with Crippen molar-refractivity contribution in [3.63, 3.8) is 0 Å². The summed E-state index contributed by atoms with van der Waals surface area (Å²) < 4.78 is 16.9. The number of carbonyl (C=O) groups is 2. The van der Waals surface area contributed by atoms with E-state index in [1.165, 1.54) is 0 Å². The van der Waals surface area contributed by atoms with Crippen LogP contribution in [0.4, 0.5) is 4.79 Å². The van der Waals surface area contributed by atoms with Crippen molar-refractivity contribution < 1.29 is 23.8 Å². The molecular weight excluding hydrogens is 384 g/mol. The van der Waals surface area contributed by atoms with E-state index in [0.29, 0.717) is 12.3 Å². The summed E-state index contributed by atoms with van der Waals surface area (Å²) >= 11 is 0. The summed E-state index contributed by atoms with van der Waals surface area (Å²) in [6.45, 7) is 7.81. The molecule has 2 aromatic rings. The highest BCUT2D eigenvalue weighted by molar-refractivity contribution is 5.95. The van der Waals surface area contributed by atoms with Gasteiger partial charge in [0.2, 0.25) is 0 Å². The highest BCUT2D eigenvalue weighted by Crippen LogP contribution is 2.38. The first-order valence-electron chi connectivity index (χ1n) is 10.7. The molecule has 0 saturated carbocycles. The molecule has 3 heterocycles. The summed E-state index contributed by atoms with van der Waals surface area (Å²) in [7, 11) is 0. The maximum atomic E-state index is 12.6. The Hall–Kier alpha value is -2.70. The van der Waals surface area contributed by atoms with Crippen LogP contribution in [0.15, 0.2) is 24.3 Å². The summed E-state index contributed by atoms with van der Waals surface area (Å²) in [5.41, 5.74) is 0.816. The van der Waals surface area contributed by atoms with E-state index in [1.807, 2.05) is 43.9 Å². The molecule has 4 rings (SSSR count). The lowest BCUT2D eigenvalue weighted by molar-refractivity contribution is -0.00707. The minimum absolute atomic E-state index is 0.0575. The molecule has 30 heavy (non-hydrogen) atoms. The van der Waals surface area contributed by atoms with Crippen LogP contribution in [0.25, 0.3) is 10.9 Å². The Morgan fingerprint density at radius 3 is 2.47 bits per heavy atom. The molecule has 0 spiro atoms. The van der Waals surface area contributed by atoms with Crippen LogP contribution in [-0.2, 0) is 9.47 Å². The number of nitrogens with one attached hydrogen (secondary N) is 1. The monoisotopic (exact) mass is 414 g/mol. The molecule has 7 heteroatoms. The number of hydrogen-bond donors (Lipinski definition) is 1. The number of aromatic amines is 1. The van der Waals surface area contributed by atoms with Crippen LogP contribution in [0.3, 0.4) is 0 Å². The molecule has 1 aromatic heterocycles. The van der Waals surface area contributed by atoms with Gasteiger partial charge < -0.3 is 24.1 Å². The fraction of sp³-hybridized carbons (Fsp3) is 0.565. The van der Waals surface area contributed by atoms with Crippen LogP contribution < -0.4 is 4.74 Å². The van der Waals surface area contributed by atoms with E-state index < -0.39 is 5.60 Å². The van der Waals surface area contributed by atoms with Gasteiger partial charge in [0.05, 0.1) is 6.61 Å². The topological polar surface area (TPSA) is 80.9 Å². The lowest BCUT2D eigenvalue weighted by Gasteiger charge is -2.39. The first-order chi connectivity index (χ1) is 14.2. The summed E-state index contributed by atoms with van der Waals surface area (Å²) in [5, 5.41) is 0.907. The van der Waals surface area contributed by atoms with Gasteiger partial charge in [0.15, 0.2) is 0 Å². The Labute approximate surface area is 176 Å². The van der Waals surface area contributed by atoms with Gasteiger partial charge >= 0.3 is 12.1 Å². The number of fused-ring (bicyclic) bond motifs is 3. The van der Waals surface area contributed by atoms with E-state index in [1.54, 1.807) is 13.0 Å². The maximum Gasteiger partial charge on any atom is 0.410 e. The van der Waals surface area contributed by atoms with Crippen LogP contribution in [0.5, 0.6) is 5.75 Å². The van der Waals surface area contributed by atoms with Crippen molar-refractivity contribution in [1.82, 2.24) is 9.88 Å². The zero-order valence-corrected chi connectivity index (χ0v) is 18.1. The minimum atomic E-state index is -0.488. The van der Waals surface area contributed by atoms with E-state index >= 15 is 0 Å². The smallest absolute Gasteiger partial charge is 0.410 e. The molecule has 2 atom stereocenters. The fourth-order valence-corrected chi connectivity index (χ4v) is 4.53. The second kappa shape index (κ2) is 7.85. The molecule has 1 N–H and O–H groups in total. The van der Waals surface area contributed by atoms with E-state index in [4.69, 9.17) is 14.2 Å². The zero-order valence-electron chi connectivity index (χ0n) is 18.1. The van der Waals surface area contributed by atoms with Gasteiger partial charge in [-0.2, -0.15) is 0 Å². The van der Waals surface area contributed by atoms with E-state index in [2.05, 4.69) is 4.98 Å². The van der Waals surface area contributed by atoms with E-state index in [-0.39, 0.29) is 30.3 Å². The number of carbonyl (C=O) groups excluding carboxylic acids is 2. The summed E-state index contributed by atoms with van der Waals surface area (Å²) in [6.07, 6.45) is 3.42. The van der Waals surface area contributed by atoms with Gasteiger partial charge in [0, 0.05) is 35.8 Å². The standard InChI is InChI=1S/C23H30N2O5/c1-5-28-21(26)20-11-14-10-17(8-9-19(14)24-20)29-18-12-15-6-7-16(13-18)25(15)22(27)30-23(2,3)4/h8-11,15-16,18,24H,5-7,12-13H2,1-4H3. The Morgan fingerprint density at radius 2 is 1.83 bits per heavy atom. The Bertz CT molecular complexity index is 931. The number of esters is 1. The van der Waals surface area contributed by atoms with Gasteiger partial charge in [-0.3, -0.25) is 0 Å². The van der Waals surface area contributed by atoms with Crippen LogP contribution in [0.2, 0.25) is 0 Å². The number of ether oxygens (including phenoxy) is 3. The van der Waals surface area contributed by atoms with Gasteiger partial charge in [-0.1, -0.05) is 0 Å². The fourth-order valence-electron chi connectivity index (χ4n) is 4.53. The predicted molar refractivity (Wildman–Crippen MR) is 113 cm³/mol. The van der Waals surface area contributed by atoms with Crippen molar-refractivity contribution in [2.75, 3.05) is 6.61 Å². The molecule has 2 fully saturated rings. The highest BCUT2D eigenvalue weighted by atomic mass is 16.6. The number of hydrogen-bond acceptors (Lipinski definition) is 5. The highest BCUT2D eigenvalue weighted by Gasteiger charge is 2.45. The normalized spacial score (nSPS) is 23.5. The third-order valence-corrected chi connectivity index (χ3v) is 5.68. The van der Waals surface area contributed by atoms with E-state index in [0.717, 1.165) is 42.3 Å². The van der Waals surface area contributed by atoms with Crippen molar-refractivity contribution in [2.24, 2.45) is 0 Å². The minimum Gasteiger partial charge on any atom is -0.490 e. The average molecular weight is 415 g/mol. The van der Waals surface area contributed by atoms with E-state index in [9.17, 15) is 9.59 Å². The summed E-state index contributed by atoms with van der Waals surface area (Å²) in [5.74, 6) is 0.411. The van der Waals surface area contributed by atoms with Crippen LogP contribution in [-0.4, -0.2) is 52.3 Å². The van der Waals surface area contributed by atoms with Crippen LogP contribution >= 0.6 is 0 Å². The first-order valence-corrected chi connectivity index (χ1v) is 10.7. The number of benzene rings is 1. The predicted octanol–water partition coefficient (Wildman–Crippen LogP) is 4.65. The Morgan fingerprint density at radius 1 is 1.13 bits per heavy atom. The van der Waals surface area contributed by atoms with Crippen LogP contribution in [0, 0.1) is 0 Å².